The summed E-state index contributed by atoms with van der Waals surface area (Å²) in [5.41, 5.74) is -0.486. The van der Waals surface area contributed by atoms with Crippen LogP contribution in [0.15, 0.2) is 43.0 Å². The number of carbonyl (C=O) groups is 2. The van der Waals surface area contributed by atoms with E-state index in [1.54, 1.807) is 6.07 Å². The average Bonchev–Trinajstić information content (AvgIpc) is 3.35. The molecular formula is C27H25N3O7. The fourth-order valence-electron chi connectivity index (χ4n) is 7.92. The van der Waals surface area contributed by atoms with E-state index in [1.165, 1.54) is 12.1 Å². The number of nitro benzene ring substituents is 1. The van der Waals surface area contributed by atoms with E-state index in [4.69, 9.17) is 4.74 Å². The van der Waals surface area contributed by atoms with Gasteiger partial charge in [0.2, 0.25) is 0 Å². The molecule has 190 valence electrons. The van der Waals surface area contributed by atoms with E-state index in [0.29, 0.717) is 44.5 Å². The van der Waals surface area contributed by atoms with Crippen molar-refractivity contribution in [2.45, 2.75) is 54.9 Å². The average molecular weight is 504 g/mol. The monoisotopic (exact) mass is 503 g/mol. The van der Waals surface area contributed by atoms with Crippen molar-refractivity contribution in [3.8, 4) is 11.5 Å². The Kier molecular flexibility index (Phi) is 4.35. The summed E-state index contributed by atoms with van der Waals surface area (Å²) in [5.74, 6) is -0.845. The number of rotatable bonds is 4. The van der Waals surface area contributed by atoms with Gasteiger partial charge in [0.25, 0.3) is 17.5 Å². The summed E-state index contributed by atoms with van der Waals surface area (Å²) in [5, 5.41) is 34.5. The molecule has 5 aliphatic rings. The minimum atomic E-state index is -1.20. The van der Waals surface area contributed by atoms with Gasteiger partial charge < -0.3 is 14.9 Å². The third-order valence-electron chi connectivity index (χ3n) is 9.35. The molecule has 2 amide bonds. The topological polar surface area (TPSA) is 133 Å². The Morgan fingerprint density at radius 1 is 1.19 bits per heavy atom. The lowest BCUT2D eigenvalue weighted by molar-refractivity contribution is -0.384. The predicted molar refractivity (Wildman–Crippen MR) is 130 cm³/mol. The molecule has 2 bridgehead atoms. The minimum absolute atomic E-state index is 0.00101. The molecule has 0 radical (unpaired) electrons. The maximum Gasteiger partial charge on any atom is 0.270 e. The molecule has 10 heteroatoms. The molecule has 7 rings (SSSR count). The number of benzene rings is 2. The first-order valence-corrected chi connectivity index (χ1v) is 12.5. The summed E-state index contributed by atoms with van der Waals surface area (Å²) >= 11 is 0. The number of fused-ring (bicyclic) bond motifs is 1. The highest BCUT2D eigenvalue weighted by molar-refractivity contribution is 6.22. The zero-order valence-corrected chi connectivity index (χ0v) is 19.9. The summed E-state index contributed by atoms with van der Waals surface area (Å²) in [6.07, 6.45) is 2.81. The number of likely N-dealkylation sites (tertiary alicyclic amines) is 1. The summed E-state index contributed by atoms with van der Waals surface area (Å²) in [7, 11) is 0. The molecule has 10 nitrogen and oxygen atoms in total. The van der Waals surface area contributed by atoms with Crippen molar-refractivity contribution in [1.29, 1.82) is 0 Å². The number of phenols is 1. The number of hydrogen-bond acceptors (Lipinski definition) is 8. The lowest BCUT2D eigenvalue weighted by Gasteiger charge is -2.64. The highest BCUT2D eigenvalue weighted by Crippen LogP contribution is 2.66. The van der Waals surface area contributed by atoms with Crippen LogP contribution in [-0.4, -0.2) is 73.6 Å². The molecule has 5 atom stereocenters. The van der Waals surface area contributed by atoms with Gasteiger partial charge in [-0.15, -0.1) is 6.58 Å². The van der Waals surface area contributed by atoms with E-state index < -0.39 is 39.9 Å². The van der Waals surface area contributed by atoms with Gasteiger partial charge in [0.05, 0.1) is 33.1 Å². The smallest absolute Gasteiger partial charge is 0.270 e. The predicted octanol–water partition coefficient (Wildman–Crippen LogP) is 2.31. The minimum Gasteiger partial charge on any atom is -0.504 e. The van der Waals surface area contributed by atoms with Crippen LogP contribution in [-0.2, 0) is 11.8 Å². The highest BCUT2D eigenvalue weighted by Gasteiger charge is 2.74. The summed E-state index contributed by atoms with van der Waals surface area (Å²) in [6, 6.07) is 6.23. The van der Waals surface area contributed by atoms with Gasteiger partial charge in [-0.05, 0) is 49.9 Å². The van der Waals surface area contributed by atoms with Crippen LogP contribution in [0.3, 0.4) is 0 Å². The number of aromatic hydroxyl groups is 1. The molecule has 2 fully saturated rings. The second kappa shape index (κ2) is 7.17. The quantitative estimate of drug-likeness (QED) is 0.281. The maximum atomic E-state index is 13.6. The molecule has 37 heavy (non-hydrogen) atoms. The molecule has 2 aliphatic carbocycles. The van der Waals surface area contributed by atoms with Gasteiger partial charge >= 0.3 is 0 Å². The number of imide groups is 1. The van der Waals surface area contributed by atoms with E-state index in [1.807, 2.05) is 12.1 Å². The van der Waals surface area contributed by atoms with Crippen LogP contribution in [0.2, 0.25) is 0 Å². The highest BCUT2D eigenvalue weighted by atomic mass is 16.6. The molecule has 1 saturated carbocycles. The van der Waals surface area contributed by atoms with Crippen LogP contribution in [0.25, 0.3) is 0 Å². The van der Waals surface area contributed by atoms with Crippen LogP contribution in [0.1, 0.15) is 51.1 Å². The van der Waals surface area contributed by atoms with Gasteiger partial charge in [-0.25, -0.2) is 0 Å². The fraction of sp³-hybridized carbons (Fsp3) is 0.407. The van der Waals surface area contributed by atoms with Crippen molar-refractivity contribution in [3.05, 3.63) is 75.4 Å². The van der Waals surface area contributed by atoms with E-state index in [9.17, 15) is 29.9 Å². The molecule has 2 N–H and O–H groups in total. The maximum absolute atomic E-state index is 13.6. The molecule has 1 saturated heterocycles. The number of nitro groups is 1. The van der Waals surface area contributed by atoms with Crippen LogP contribution in [0.5, 0.6) is 11.5 Å². The number of ether oxygens (including phenoxy) is 1. The Morgan fingerprint density at radius 2 is 1.97 bits per heavy atom. The van der Waals surface area contributed by atoms with Crippen LogP contribution >= 0.6 is 0 Å². The molecule has 1 spiro atoms. The standard InChI is InChI=1S/C27H25N3O7/c1-2-10-28-11-9-26-21-14-3-6-19(31)22(21)37-23(26)18(7-8-27(26,34)20(28)12-14)29-24(32)16-5-4-15(30(35)36)13-17(16)25(29)33/h2-6,13,18,20,23,31,34H,1,7-12H2/t18?,20-,23?,26+,27-/m1/s1. The second-order valence-corrected chi connectivity index (χ2v) is 10.7. The molecule has 2 aromatic rings. The largest absolute Gasteiger partial charge is 0.504 e. The zero-order valence-electron chi connectivity index (χ0n) is 19.9. The van der Waals surface area contributed by atoms with Gasteiger partial charge in [0.15, 0.2) is 11.5 Å². The molecule has 0 aromatic heterocycles. The molecule has 2 unspecified atom stereocenters. The van der Waals surface area contributed by atoms with Gasteiger partial charge in [-0.3, -0.25) is 29.5 Å². The SMILES string of the molecule is C=CCN1CC[C@]23c4c5ccc(O)c4OC2C(N2C(=O)c4ccc([N+](=O)[O-])cc4C2=O)CC[C@@]3(O)[C@H]1C5. The number of phenolic OH excluding ortho intramolecular Hbond substituents is 1. The molecule has 3 heterocycles. The van der Waals surface area contributed by atoms with Crippen molar-refractivity contribution >= 4 is 17.5 Å². The Morgan fingerprint density at radius 3 is 2.73 bits per heavy atom. The Balaban J connectivity index is 1.37. The first-order valence-electron chi connectivity index (χ1n) is 12.5. The number of aliphatic hydroxyl groups is 1. The third-order valence-corrected chi connectivity index (χ3v) is 9.35. The number of non-ortho nitro benzene ring substituents is 1. The van der Waals surface area contributed by atoms with Gasteiger partial charge in [-0.1, -0.05) is 12.1 Å². The second-order valence-electron chi connectivity index (χ2n) is 10.7. The van der Waals surface area contributed by atoms with Crippen LogP contribution in [0.4, 0.5) is 5.69 Å². The van der Waals surface area contributed by atoms with Crippen LogP contribution in [0, 0.1) is 10.1 Å². The lowest BCUT2D eigenvalue weighted by atomic mass is 9.48. The number of amides is 2. The Labute approximate surface area is 211 Å². The van der Waals surface area contributed by atoms with E-state index >= 15 is 0 Å². The number of nitrogens with zero attached hydrogens (tertiary/aromatic N) is 3. The van der Waals surface area contributed by atoms with E-state index in [0.717, 1.165) is 22.1 Å². The van der Waals surface area contributed by atoms with Gasteiger partial charge in [-0.2, -0.15) is 0 Å². The van der Waals surface area contributed by atoms with E-state index in [-0.39, 0.29) is 28.6 Å². The zero-order chi connectivity index (χ0) is 25.9. The third kappa shape index (κ3) is 2.52. The van der Waals surface area contributed by atoms with Gasteiger partial charge in [0, 0.05) is 30.3 Å². The molecule has 2 aromatic carbocycles. The summed E-state index contributed by atoms with van der Waals surface area (Å²) < 4.78 is 6.45. The Hall–Kier alpha value is -3.76. The first kappa shape index (κ1) is 22.4. The van der Waals surface area contributed by atoms with E-state index in [2.05, 4.69) is 11.5 Å². The summed E-state index contributed by atoms with van der Waals surface area (Å²) in [4.78, 5) is 41.2. The Bertz CT molecular complexity index is 1440. The number of carbonyl (C=O) groups excluding carboxylic acids is 2. The summed E-state index contributed by atoms with van der Waals surface area (Å²) in [6.45, 7) is 5.16. The normalized spacial score (nSPS) is 33.1. The lowest BCUT2D eigenvalue weighted by Crippen LogP contribution is -2.78. The first-order chi connectivity index (χ1) is 17.7. The molecule has 3 aliphatic heterocycles. The van der Waals surface area contributed by atoms with Crippen molar-refractivity contribution in [3.63, 3.8) is 0 Å². The fourth-order valence-corrected chi connectivity index (χ4v) is 7.92. The van der Waals surface area contributed by atoms with Crippen molar-refractivity contribution < 1.29 is 29.5 Å². The number of hydrogen-bond donors (Lipinski definition) is 2. The molecular weight excluding hydrogens is 478 g/mol. The van der Waals surface area contributed by atoms with Gasteiger partial charge in [0.1, 0.15) is 6.10 Å². The number of piperidine rings is 1. The van der Waals surface area contributed by atoms with Crippen molar-refractivity contribution in [1.82, 2.24) is 9.80 Å². The van der Waals surface area contributed by atoms with Crippen molar-refractivity contribution in [2.75, 3.05) is 13.1 Å². The van der Waals surface area contributed by atoms with Crippen LogP contribution < -0.4 is 4.74 Å². The van der Waals surface area contributed by atoms with Crippen molar-refractivity contribution in [2.24, 2.45) is 0 Å².